The van der Waals surface area contributed by atoms with Crippen molar-refractivity contribution in [3.8, 4) is 0 Å². The Morgan fingerprint density at radius 1 is 1.57 bits per heavy atom. The van der Waals surface area contributed by atoms with Gasteiger partial charge in [-0.2, -0.15) is 0 Å². The van der Waals surface area contributed by atoms with E-state index in [4.69, 9.17) is 10.8 Å². The van der Waals surface area contributed by atoms with Crippen molar-refractivity contribution in [3.63, 3.8) is 0 Å². The summed E-state index contributed by atoms with van der Waals surface area (Å²) in [6.45, 7) is 1.12. The molecule has 0 unspecified atom stereocenters. The molecule has 0 saturated heterocycles. The van der Waals surface area contributed by atoms with E-state index in [-0.39, 0.29) is 12.3 Å². The predicted molar refractivity (Wildman–Crippen MR) is 47.1 cm³/mol. The summed E-state index contributed by atoms with van der Waals surface area (Å²) in [6, 6.07) is 0. The predicted octanol–water partition coefficient (Wildman–Crippen LogP) is 1.61. The quantitative estimate of drug-likeness (QED) is 0.720. The minimum Gasteiger partial charge on any atom is -0.480 e. The van der Waals surface area contributed by atoms with Crippen LogP contribution in [0.1, 0.15) is 32.6 Å². The maximum absolute atomic E-state index is 13.2. The Morgan fingerprint density at radius 2 is 2.07 bits per heavy atom. The van der Waals surface area contributed by atoms with E-state index < -0.39 is 23.9 Å². The van der Waals surface area contributed by atoms with E-state index in [1.165, 1.54) is 0 Å². The molecule has 0 radical (unpaired) electrons. The highest BCUT2D eigenvalue weighted by atomic mass is 19.3. The van der Waals surface area contributed by atoms with Gasteiger partial charge in [0, 0.05) is 12.8 Å². The van der Waals surface area contributed by atoms with Crippen LogP contribution in [0.2, 0.25) is 0 Å². The number of carbonyl (C=O) groups is 1. The summed E-state index contributed by atoms with van der Waals surface area (Å²) < 4.78 is 26.5. The first-order chi connectivity index (χ1) is 6.23. The van der Waals surface area contributed by atoms with Gasteiger partial charge in [-0.05, 0) is 25.7 Å². The lowest BCUT2D eigenvalue weighted by molar-refractivity contribution is -0.147. The van der Waals surface area contributed by atoms with Crippen molar-refractivity contribution >= 4 is 5.97 Å². The first kappa shape index (κ1) is 11.4. The summed E-state index contributed by atoms with van der Waals surface area (Å²) in [5.41, 5.74) is 3.43. The Hall–Kier alpha value is -0.710. The topological polar surface area (TPSA) is 63.3 Å². The zero-order valence-electron chi connectivity index (χ0n) is 8.09. The van der Waals surface area contributed by atoms with Crippen LogP contribution in [-0.4, -0.2) is 22.5 Å². The molecule has 3 nitrogen and oxygen atoms in total. The van der Waals surface area contributed by atoms with Crippen molar-refractivity contribution in [3.05, 3.63) is 0 Å². The van der Waals surface area contributed by atoms with Crippen molar-refractivity contribution < 1.29 is 18.7 Å². The lowest BCUT2D eigenvalue weighted by atomic mass is 9.92. The van der Waals surface area contributed by atoms with Crippen LogP contribution in [0.4, 0.5) is 8.78 Å². The molecule has 0 aromatic heterocycles. The largest absolute Gasteiger partial charge is 0.480 e. The smallest absolute Gasteiger partial charge is 0.323 e. The van der Waals surface area contributed by atoms with Crippen LogP contribution >= 0.6 is 0 Å². The van der Waals surface area contributed by atoms with Gasteiger partial charge in [0.2, 0.25) is 0 Å². The molecule has 0 aliphatic heterocycles. The van der Waals surface area contributed by atoms with Gasteiger partial charge in [-0.25, -0.2) is 8.78 Å². The van der Waals surface area contributed by atoms with E-state index in [1.807, 2.05) is 0 Å². The van der Waals surface area contributed by atoms with Gasteiger partial charge in [0.1, 0.15) is 5.54 Å². The zero-order valence-corrected chi connectivity index (χ0v) is 8.09. The van der Waals surface area contributed by atoms with Gasteiger partial charge in [-0.3, -0.25) is 4.79 Å². The molecule has 5 heteroatoms. The van der Waals surface area contributed by atoms with Crippen LogP contribution in [0.3, 0.4) is 0 Å². The molecule has 0 aromatic rings. The van der Waals surface area contributed by atoms with Gasteiger partial charge in [0.15, 0.2) is 0 Å². The molecule has 3 N–H and O–H groups in total. The second-order valence-electron chi connectivity index (χ2n) is 4.40. The van der Waals surface area contributed by atoms with Crippen molar-refractivity contribution in [1.82, 2.24) is 0 Å². The van der Waals surface area contributed by atoms with Gasteiger partial charge in [-0.1, -0.05) is 0 Å². The fourth-order valence-corrected chi connectivity index (χ4v) is 1.43. The monoisotopic (exact) mass is 207 g/mol. The van der Waals surface area contributed by atoms with Crippen LogP contribution in [-0.2, 0) is 4.79 Å². The lowest BCUT2D eigenvalue weighted by Gasteiger charge is -2.25. The van der Waals surface area contributed by atoms with Crippen LogP contribution in [0.25, 0.3) is 0 Å². The molecule has 1 aliphatic rings. The summed E-state index contributed by atoms with van der Waals surface area (Å²) in [4.78, 5) is 10.5. The molecule has 0 heterocycles. The Kier molecular flexibility index (Phi) is 2.81. The standard InChI is InChI=1S/C9H15F2NO2/c1-8(12,7(13)14)5-9(10,11)4-6-2-3-6/h6H,2-5,12H2,1H3,(H,13,14)/t8-/m0/s1. The van der Waals surface area contributed by atoms with E-state index in [9.17, 15) is 13.6 Å². The third kappa shape index (κ3) is 3.21. The third-order valence-corrected chi connectivity index (χ3v) is 2.40. The van der Waals surface area contributed by atoms with E-state index in [2.05, 4.69) is 0 Å². The number of halogens is 2. The SMILES string of the molecule is C[C@](N)(CC(F)(F)CC1CC1)C(=O)O. The maximum atomic E-state index is 13.2. The van der Waals surface area contributed by atoms with E-state index >= 15 is 0 Å². The summed E-state index contributed by atoms with van der Waals surface area (Å²) in [5, 5.41) is 8.60. The molecule has 1 atom stereocenters. The number of alkyl halides is 2. The van der Waals surface area contributed by atoms with Crippen molar-refractivity contribution in [2.24, 2.45) is 11.7 Å². The van der Waals surface area contributed by atoms with Gasteiger partial charge in [0.05, 0.1) is 0 Å². The molecular weight excluding hydrogens is 192 g/mol. The van der Waals surface area contributed by atoms with E-state index in [0.717, 1.165) is 19.8 Å². The summed E-state index contributed by atoms with van der Waals surface area (Å²) in [6.07, 6.45) is 0.632. The number of carboxylic acids is 1. The number of hydrogen-bond donors (Lipinski definition) is 2. The van der Waals surface area contributed by atoms with Crippen LogP contribution < -0.4 is 5.73 Å². The average Bonchev–Trinajstić information content (AvgIpc) is 2.67. The van der Waals surface area contributed by atoms with Crippen molar-refractivity contribution in [2.75, 3.05) is 0 Å². The fourth-order valence-electron chi connectivity index (χ4n) is 1.43. The minimum atomic E-state index is -2.96. The third-order valence-electron chi connectivity index (χ3n) is 2.40. The van der Waals surface area contributed by atoms with Crippen LogP contribution in [0, 0.1) is 5.92 Å². The van der Waals surface area contributed by atoms with Crippen molar-refractivity contribution in [2.45, 2.75) is 44.1 Å². The summed E-state index contributed by atoms with van der Waals surface area (Å²) in [5.74, 6) is -4.27. The van der Waals surface area contributed by atoms with Gasteiger partial charge < -0.3 is 10.8 Å². The number of aliphatic carboxylic acids is 1. The van der Waals surface area contributed by atoms with Crippen molar-refractivity contribution in [1.29, 1.82) is 0 Å². The highest BCUT2D eigenvalue weighted by Crippen LogP contribution is 2.41. The van der Waals surface area contributed by atoms with E-state index in [0.29, 0.717) is 0 Å². The Balaban J connectivity index is 2.51. The normalized spacial score (nSPS) is 21.7. The first-order valence-electron chi connectivity index (χ1n) is 4.63. The number of rotatable bonds is 5. The number of carboxylic acid groups (broad SMARTS) is 1. The van der Waals surface area contributed by atoms with Crippen LogP contribution in [0.15, 0.2) is 0 Å². The summed E-state index contributed by atoms with van der Waals surface area (Å²) in [7, 11) is 0. The molecule has 1 rings (SSSR count). The second kappa shape index (κ2) is 3.46. The van der Waals surface area contributed by atoms with Gasteiger partial charge >= 0.3 is 5.97 Å². The molecular formula is C9H15F2NO2. The van der Waals surface area contributed by atoms with E-state index in [1.54, 1.807) is 0 Å². The Labute approximate surface area is 81.3 Å². The molecule has 14 heavy (non-hydrogen) atoms. The highest BCUT2D eigenvalue weighted by molar-refractivity contribution is 5.77. The molecule has 82 valence electrons. The number of hydrogen-bond acceptors (Lipinski definition) is 2. The molecule has 0 spiro atoms. The number of nitrogens with two attached hydrogens (primary N) is 1. The molecule has 1 saturated carbocycles. The molecule has 1 aliphatic carbocycles. The van der Waals surface area contributed by atoms with Gasteiger partial charge in [0.25, 0.3) is 5.92 Å². The summed E-state index contributed by atoms with van der Waals surface area (Å²) >= 11 is 0. The zero-order chi connectivity index (χ0) is 11.0. The lowest BCUT2D eigenvalue weighted by Crippen LogP contribution is -2.49. The average molecular weight is 207 g/mol. The molecule has 0 bridgehead atoms. The second-order valence-corrected chi connectivity index (χ2v) is 4.40. The van der Waals surface area contributed by atoms with Crippen LogP contribution in [0.5, 0.6) is 0 Å². The first-order valence-corrected chi connectivity index (χ1v) is 4.63. The maximum Gasteiger partial charge on any atom is 0.323 e. The fraction of sp³-hybridized carbons (Fsp3) is 0.889. The van der Waals surface area contributed by atoms with Gasteiger partial charge in [-0.15, -0.1) is 0 Å². The highest BCUT2D eigenvalue weighted by Gasteiger charge is 2.44. The Morgan fingerprint density at radius 3 is 2.43 bits per heavy atom. The molecule has 0 aromatic carbocycles. The Bertz CT molecular complexity index is 237. The molecule has 1 fully saturated rings. The minimum absolute atomic E-state index is 0.0644. The molecule has 0 amide bonds.